The summed E-state index contributed by atoms with van der Waals surface area (Å²) in [6.45, 7) is 9.64. The van der Waals surface area contributed by atoms with E-state index < -0.39 is 5.60 Å². The second-order valence-electron chi connectivity index (χ2n) is 5.41. The van der Waals surface area contributed by atoms with Crippen LogP contribution >= 0.6 is 0 Å². The average Bonchev–Trinajstić information content (AvgIpc) is 1.97. The molecule has 3 heteroatoms. The highest BCUT2D eigenvalue weighted by Gasteiger charge is 2.18. The zero-order valence-corrected chi connectivity index (χ0v) is 10.9. The number of likely N-dealkylation sites (N-methyl/N-ethyl adjacent to an activating group) is 1. The van der Waals surface area contributed by atoms with Crippen LogP contribution in [0.25, 0.3) is 0 Å². The van der Waals surface area contributed by atoms with Gasteiger partial charge in [0.15, 0.2) is 0 Å². The van der Waals surface area contributed by atoms with E-state index >= 15 is 0 Å². The van der Waals surface area contributed by atoms with Crippen molar-refractivity contribution >= 4 is 5.97 Å². The van der Waals surface area contributed by atoms with Gasteiger partial charge in [0.2, 0.25) is 0 Å². The maximum Gasteiger partial charge on any atom is 0.331 e. The van der Waals surface area contributed by atoms with Crippen molar-refractivity contribution in [2.75, 3.05) is 14.1 Å². The minimum Gasteiger partial charge on any atom is -0.457 e. The summed E-state index contributed by atoms with van der Waals surface area (Å²) in [5.74, 6) is -0.294. The Labute approximate surface area is 93.1 Å². The number of carbonyl (C=O) groups excluding carboxylic acids is 1. The van der Waals surface area contributed by atoms with E-state index in [0.29, 0.717) is 0 Å². The topological polar surface area (TPSA) is 29.5 Å². The summed E-state index contributed by atoms with van der Waals surface area (Å²) in [6.07, 6.45) is 3.34. The van der Waals surface area contributed by atoms with Crippen molar-refractivity contribution in [3.05, 3.63) is 12.2 Å². The van der Waals surface area contributed by atoms with E-state index in [0.717, 1.165) is 0 Å². The van der Waals surface area contributed by atoms with Gasteiger partial charge in [0.25, 0.3) is 0 Å². The van der Waals surface area contributed by atoms with Crippen LogP contribution in [0.2, 0.25) is 0 Å². The van der Waals surface area contributed by atoms with Crippen LogP contribution in [-0.4, -0.2) is 36.1 Å². The fourth-order valence-corrected chi connectivity index (χ4v) is 0.757. The second-order valence-corrected chi connectivity index (χ2v) is 5.41. The summed E-state index contributed by atoms with van der Waals surface area (Å²) in [6, 6.07) is 0. The minimum atomic E-state index is -0.427. The lowest BCUT2D eigenvalue weighted by Crippen LogP contribution is -2.36. The van der Waals surface area contributed by atoms with Crippen LogP contribution in [0.15, 0.2) is 12.2 Å². The summed E-state index contributed by atoms with van der Waals surface area (Å²) >= 11 is 0. The first-order chi connectivity index (χ1) is 6.54. The molecule has 0 bridgehead atoms. The number of esters is 1. The zero-order chi connectivity index (χ0) is 12.3. The van der Waals surface area contributed by atoms with E-state index in [1.807, 2.05) is 59.7 Å². The van der Waals surface area contributed by atoms with Gasteiger partial charge < -0.3 is 9.64 Å². The first-order valence-corrected chi connectivity index (χ1v) is 5.14. The highest BCUT2D eigenvalue weighted by Crippen LogP contribution is 2.13. The second kappa shape index (κ2) is 4.79. The molecule has 0 atom stereocenters. The molecule has 0 heterocycles. The van der Waals surface area contributed by atoms with Crippen LogP contribution in [0.3, 0.4) is 0 Å². The van der Waals surface area contributed by atoms with Crippen molar-refractivity contribution in [3.8, 4) is 0 Å². The molecule has 0 rings (SSSR count). The lowest BCUT2D eigenvalue weighted by molar-refractivity contribution is -0.148. The number of hydrogen-bond acceptors (Lipinski definition) is 3. The molecule has 0 spiro atoms. The van der Waals surface area contributed by atoms with Crippen LogP contribution in [0, 0.1) is 0 Å². The Bertz CT molecular complexity index is 247. The Morgan fingerprint density at radius 2 is 1.60 bits per heavy atom. The van der Waals surface area contributed by atoms with E-state index in [9.17, 15) is 4.79 Å². The van der Waals surface area contributed by atoms with Crippen LogP contribution in [-0.2, 0) is 9.53 Å². The molecule has 0 radical (unpaired) electrons. The smallest absolute Gasteiger partial charge is 0.331 e. The molecule has 0 aliphatic heterocycles. The Hall–Kier alpha value is -0.830. The maximum absolute atomic E-state index is 11.4. The first kappa shape index (κ1) is 14.2. The monoisotopic (exact) mass is 213 g/mol. The Kier molecular flexibility index (Phi) is 4.53. The summed E-state index contributed by atoms with van der Waals surface area (Å²) in [5.41, 5.74) is -0.569. The van der Waals surface area contributed by atoms with Crippen LogP contribution in [0.1, 0.15) is 34.6 Å². The average molecular weight is 213 g/mol. The third kappa shape index (κ3) is 6.28. The molecule has 0 fully saturated rings. The molecule has 0 unspecified atom stereocenters. The van der Waals surface area contributed by atoms with Crippen molar-refractivity contribution in [1.82, 2.24) is 4.90 Å². The minimum absolute atomic E-state index is 0.142. The molecule has 0 amide bonds. The Balaban J connectivity index is 4.36. The molecule has 0 saturated carbocycles. The van der Waals surface area contributed by atoms with E-state index in [4.69, 9.17) is 4.74 Å². The number of ether oxygens (including phenoxy) is 1. The molecule has 0 aromatic rings. The van der Waals surface area contributed by atoms with Gasteiger partial charge >= 0.3 is 5.97 Å². The number of nitrogens with zero attached hydrogens (tertiary/aromatic N) is 1. The van der Waals surface area contributed by atoms with Crippen molar-refractivity contribution in [2.45, 2.75) is 45.8 Å². The van der Waals surface area contributed by atoms with Gasteiger partial charge in [-0.3, -0.25) is 0 Å². The zero-order valence-electron chi connectivity index (χ0n) is 10.9. The number of hydrogen-bond donors (Lipinski definition) is 0. The van der Waals surface area contributed by atoms with Gasteiger partial charge in [-0.15, -0.1) is 0 Å². The van der Waals surface area contributed by atoms with Crippen molar-refractivity contribution in [3.63, 3.8) is 0 Å². The van der Waals surface area contributed by atoms with Crippen LogP contribution in [0.5, 0.6) is 0 Å². The standard InChI is InChI=1S/C12H23NO2/c1-11(2,3)15-10(14)8-9-12(4,5)13(6)7/h8-9H,1-7H3. The molecular weight excluding hydrogens is 190 g/mol. The molecule has 0 aliphatic rings. The Morgan fingerprint density at radius 1 is 1.13 bits per heavy atom. The highest BCUT2D eigenvalue weighted by atomic mass is 16.6. The predicted octanol–water partition coefficient (Wildman–Crippen LogP) is 2.22. The largest absolute Gasteiger partial charge is 0.457 e. The van der Waals surface area contributed by atoms with Crippen LogP contribution < -0.4 is 0 Å². The van der Waals surface area contributed by atoms with Gasteiger partial charge in [-0.2, -0.15) is 0 Å². The molecule has 0 aromatic carbocycles. The summed E-state index contributed by atoms with van der Waals surface area (Å²) in [4.78, 5) is 13.4. The molecular formula is C12H23NO2. The quantitative estimate of drug-likeness (QED) is 0.532. The van der Waals surface area contributed by atoms with E-state index in [2.05, 4.69) is 0 Å². The molecule has 0 aromatic heterocycles. The van der Waals surface area contributed by atoms with Gasteiger partial charge in [-0.25, -0.2) is 4.79 Å². The molecule has 0 saturated heterocycles. The Morgan fingerprint density at radius 3 is 1.93 bits per heavy atom. The van der Waals surface area contributed by atoms with Crippen molar-refractivity contribution in [1.29, 1.82) is 0 Å². The SMILES string of the molecule is CN(C)C(C)(C)C=CC(=O)OC(C)(C)C. The van der Waals surface area contributed by atoms with Gasteiger partial charge in [-0.1, -0.05) is 6.08 Å². The number of carbonyl (C=O) groups is 1. The molecule has 88 valence electrons. The number of rotatable bonds is 3. The fourth-order valence-electron chi connectivity index (χ4n) is 0.757. The van der Waals surface area contributed by atoms with Gasteiger partial charge in [0.1, 0.15) is 5.60 Å². The molecule has 3 nitrogen and oxygen atoms in total. The van der Waals surface area contributed by atoms with E-state index in [1.54, 1.807) is 0 Å². The normalized spacial score (nSPS) is 13.6. The third-order valence-electron chi connectivity index (χ3n) is 2.19. The lowest BCUT2D eigenvalue weighted by atomic mass is 10.0. The lowest BCUT2D eigenvalue weighted by Gasteiger charge is -2.29. The molecule has 15 heavy (non-hydrogen) atoms. The van der Waals surface area contributed by atoms with Crippen LogP contribution in [0.4, 0.5) is 0 Å². The molecule has 0 N–H and O–H groups in total. The van der Waals surface area contributed by atoms with Crippen molar-refractivity contribution < 1.29 is 9.53 Å². The fraction of sp³-hybridized carbons (Fsp3) is 0.750. The van der Waals surface area contributed by atoms with Gasteiger partial charge in [-0.05, 0) is 48.7 Å². The van der Waals surface area contributed by atoms with E-state index in [-0.39, 0.29) is 11.5 Å². The maximum atomic E-state index is 11.4. The summed E-state index contributed by atoms with van der Waals surface area (Å²) in [7, 11) is 3.94. The summed E-state index contributed by atoms with van der Waals surface area (Å²) in [5, 5.41) is 0. The van der Waals surface area contributed by atoms with Gasteiger partial charge in [0.05, 0.1) is 0 Å². The predicted molar refractivity (Wildman–Crippen MR) is 62.8 cm³/mol. The van der Waals surface area contributed by atoms with Crippen molar-refractivity contribution in [2.24, 2.45) is 0 Å². The third-order valence-corrected chi connectivity index (χ3v) is 2.19. The summed E-state index contributed by atoms with van der Waals surface area (Å²) < 4.78 is 5.17. The highest BCUT2D eigenvalue weighted by molar-refractivity contribution is 5.82. The van der Waals surface area contributed by atoms with E-state index in [1.165, 1.54) is 6.08 Å². The van der Waals surface area contributed by atoms with Gasteiger partial charge in [0, 0.05) is 11.6 Å². The first-order valence-electron chi connectivity index (χ1n) is 5.14. The molecule has 0 aliphatic carbocycles.